The Morgan fingerprint density at radius 2 is 0.982 bits per heavy atom. The number of nitrogens with zero attached hydrogens (tertiary/aromatic N) is 1. The fraction of sp³-hybridized carbons (Fsp3) is 0.694. The number of rotatable bonds is 39. The van der Waals surface area contributed by atoms with E-state index < -0.39 is 18.1 Å². The summed E-state index contributed by atoms with van der Waals surface area (Å²) in [6.07, 6.45) is 49.4. The molecule has 0 heterocycles. The maximum Gasteiger partial charge on any atom is 0.362 e. The molecule has 0 aliphatic rings. The van der Waals surface area contributed by atoms with Gasteiger partial charge in [0.25, 0.3) is 0 Å². The van der Waals surface area contributed by atoms with Gasteiger partial charge in [-0.1, -0.05) is 138 Å². The summed E-state index contributed by atoms with van der Waals surface area (Å²) in [6.45, 7) is 4.54. The molecule has 0 aromatic heterocycles. The van der Waals surface area contributed by atoms with E-state index in [9.17, 15) is 19.5 Å². The van der Waals surface area contributed by atoms with E-state index in [1.54, 1.807) is 0 Å². The Balaban J connectivity index is 4.41. The first kappa shape index (κ1) is 53.8. The molecule has 1 N–H and O–H groups in total. The smallest absolute Gasteiger partial charge is 0.362 e. The summed E-state index contributed by atoms with van der Waals surface area (Å²) >= 11 is 0. The molecule has 0 fully saturated rings. The Labute approximate surface area is 349 Å². The van der Waals surface area contributed by atoms with Crippen LogP contribution in [-0.2, 0) is 28.6 Å². The van der Waals surface area contributed by atoms with Crippen LogP contribution in [0.2, 0.25) is 0 Å². The average molecular weight is 799 g/mol. The third-order valence-electron chi connectivity index (χ3n) is 9.59. The van der Waals surface area contributed by atoms with Gasteiger partial charge in [-0.05, 0) is 83.5 Å². The first-order chi connectivity index (χ1) is 27.6. The topological polar surface area (TPSA) is 99.1 Å². The Hall–Kier alpha value is -3.23. The predicted molar refractivity (Wildman–Crippen MR) is 238 cm³/mol. The van der Waals surface area contributed by atoms with Gasteiger partial charge in [0.1, 0.15) is 6.61 Å². The van der Waals surface area contributed by atoms with E-state index in [1.165, 1.54) is 51.4 Å². The SMILES string of the molecule is CC/C=C/C/C=C/C/C=C/C/C=C/CCCCCC(=O)OC(COCCC(C(=O)O)[N+](C)(C)C)COC(=O)CCCCCCCCC/C=C/C/C=C/CCCCC. The summed E-state index contributed by atoms with van der Waals surface area (Å²) in [5, 5.41) is 9.62. The van der Waals surface area contributed by atoms with Gasteiger partial charge in [0.15, 0.2) is 12.1 Å². The van der Waals surface area contributed by atoms with Crippen LogP contribution in [0, 0.1) is 0 Å². The monoisotopic (exact) mass is 799 g/mol. The third-order valence-corrected chi connectivity index (χ3v) is 9.59. The number of aliphatic carboxylic acids is 1. The Morgan fingerprint density at radius 3 is 1.47 bits per heavy atom. The number of carbonyl (C=O) groups is 3. The van der Waals surface area contributed by atoms with Crippen LogP contribution in [0.25, 0.3) is 0 Å². The summed E-state index contributed by atoms with van der Waals surface area (Å²) in [6, 6.07) is -0.625. The Kier molecular flexibility index (Phi) is 37.3. The van der Waals surface area contributed by atoms with E-state index in [0.717, 1.165) is 83.5 Å². The van der Waals surface area contributed by atoms with Crippen LogP contribution in [0.5, 0.6) is 0 Å². The summed E-state index contributed by atoms with van der Waals surface area (Å²) in [4.78, 5) is 37.0. The van der Waals surface area contributed by atoms with Crippen molar-refractivity contribution in [3.8, 4) is 0 Å². The second-order valence-electron chi connectivity index (χ2n) is 15.9. The van der Waals surface area contributed by atoms with Crippen molar-refractivity contribution < 1.29 is 38.2 Å². The number of allylic oxidation sites excluding steroid dienone is 12. The molecule has 57 heavy (non-hydrogen) atoms. The molecule has 0 radical (unpaired) electrons. The van der Waals surface area contributed by atoms with Gasteiger partial charge in [-0.3, -0.25) is 9.59 Å². The van der Waals surface area contributed by atoms with Gasteiger partial charge in [0, 0.05) is 19.3 Å². The Bertz CT molecular complexity index is 1160. The van der Waals surface area contributed by atoms with E-state index in [-0.39, 0.29) is 42.7 Å². The van der Waals surface area contributed by atoms with E-state index >= 15 is 0 Å². The third kappa shape index (κ3) is 38.1. The lowest BCUT2D eigenvalue weighted by Gasteiger charge is -2.31. The lowest BCUT2D eigenvalue weighted by molar-refractivity contribution is -0.887. The van der Waals surface area contributed by atoms with Crippen LogP contribution < -0.4 is 0 Å². The van der Waals surface area contributed by atoms with Crippen molar-refractivity contribution in [2.75, 3.05) is 41.0 Å². The van der Waals surface area contributed by atoms with Crippen molar-refractivity contribution in [3.05, 3.63) is 72.9 Å². The normalized spacial score (nSPS) is 13.6. The molecule has 0 saturated heterocycles. The van der Waals surface area contributed by atoms with E-state index in [4.69, 9.17) is 14.2 Å². The highest BCUT2D eigenvalue weighted by Crippen LogP contribution is 2.13. The zero-order valence-electron chi connectivity index (χ0n) is 37.0. The number of unbranched alkanes of at least 4 members (excludes halogenated alkanes) is 13. The fourth-order valence-corrected chi connectivity index (χ4v) is 6.11. The maximum absolute atomic E-state index is 12.7. The van der Waals surface area contributed by atoms with E-state index in [0.29, 0.717) is 12.8 Å². The van der Waals surface area contributed by atoms with Crippen LogP contribution in [0.4, 0.5) is 0 Å². The molecule has 0 aromatic carbocycles. The summed E-state index contributed by atoms with van der Waals surface area (Å²) in [7, 11) is 5.51. The predicted octanol–water partition coefficient (Wildman–Crippen LogP) is 12.4. The first-order valence-corrected chi connectivity index (χ1v) is 22.5. The van der Waals surface area contributed by atoms with Crippen LogP contribution >= 0.6 is 0 Å². The number of carbonyl (C=O) groups excluding carboxylic acids is 2. The molecule has 0 saturated carbocycles. The first-order valence-electron chi connectivity index (χ1n) is 22.5. The number of ether oxygens (including phenoxy) is 3. The fourth-order valence-electron chi connectivity index (χ4n) is 6.11. The second kappa shape index (κ2) is 39.6. The molecular weight excluding hydrogens is 715 g/mol. The molecule has 326 valence electrons. The molecule has 8 nitrogen and oxygen atoms in total. The molecule has 0 spiro atoms. The van der Waals surface area contributed by atoms with E-state index in [1.807, 2.05) is 21.1 Å². The van der Waals surface area contributed by atoms with Gasteiger partial charge in [0.05, 0.1) is 34.4 Å². The number of carboxylic acid groups (broad SMARTS) is 1. The van der Waals surface area contributed by atoms with Gasteiger partial charge in [-0.15, -0.1) is 0 Å². The number of quaternary nitrogens is 1. The zero-order valence-corrected chi connectivity index (χ0v) is 37.0. The molecule has 0 amide bonds. The van der Waals surface area contributed by atoms with Crippen molar-refractivity contribution in [3.63, 3.8) is 0 Å². The number of hydrogen-bond donors (Lipinski definition) is 1. The number of esters is 2. The van der Waals surface area contributed by atoms with Crippen molar-refractivity contribution in [2.24, 2.45) is 0 Å². The molecule has 0 aliphatic carbocycles. The van der Waals surface area contributed by atoms with Crippen LogP contribution in [-0.4, -0.2) is 80.6 Å². The molecule has 0 bridgehead atoms. The highest BCUT2D eigenvalue weighted by molar-refractivity contribution is 5.72. The second-order valence-corrected chi connectivity index (χ2v) is 15.9. The van der Waals surface area contributed by atoms with Gasteiger partial charge in [-0.25, -0.2) is 4.79 Å². The van der Waals surface area contributed by atoms with Crippen molar-refractivity contribution >= 4 is 17.9 Å². The highest BCUT2D eigenvalue weighted by Gasteiger charge is 2.31. The number of likely N-dealkylation sites (N-methyl/N-ethyl adjacent to an activating group) is 1. The van der Waals surface area contributed by atoms with Gasteiger partial charge >= 0.3 is 17.9 Å². The molecular formula is C49H84NO7+. The minimum absolute atomic E-state index is 0.0420. The van der Waals surface area contributed by atoms with Crippen molar-refractivity contribution in [1.82, 2.24) is 0 Å². The van der Waals surface area contributed by atoms with Crippen molar-refractivity contribution in [2.45, 2.75) is 180 Å². The van der Waals surface area contributed by atoms with Crippen LogP contribution in [0.15, 0.2) is 72.9 Å². The minimum atomic E-state index is -0.884. The Morgan fingerprint density at radius 1 is 0.544 bits per heavy atom. The van der Waals surface area contributed by atoms with Gasteiger partial charge in [-0.2, -0.15) is 0 Å². The number of hydrogen-bond acceptors (Lipinski definition) is 6. The molecule has 0 rings (SSSR count). The van der Waals surface area contributed by atoms with E-state index in [2.05, 4.69) is 86.8 Å². The van der Waals surface area contributed by atoms with Crippen LogP contribution in [0.1, 0.15) is 168 Å². The standard InChI is InChI=1S/C49H83NO7/c1-6-8-10-12-14-16-18-20-22-24-26-27-29-31-33-35-37-39-47(51)56-44-45(43-55-42-41-46(49(53)54)50(3,4)5)57-48(52)40-38-36-34-32-30-28-25-23-21-19-17-15-13-11-9-7-2/h9,11,14-17,20-23,28,30,45-46H,6-8,10,12-13,18-19,24-27,29,31-44H2,1-5H3/p+1/b11-9+,16-14+,17-15+,22-20+,23-21+,30-28+. The maximum atomic E-state index is 12.7. The summed E-state index contributed by atoms with van der Waals surface area (Å²) in [5.41, 5.74) is 0. The lowest BCUT2D eigenvalue weighted by atomic mass is 10.1. The lowest BCUT2D eigenvalue weighted by Crippen LogP contribution is -2.50. The molecule has 0 aromatic rings. The molecule has 8 heteroatoms. The highest BCUT2D eigenvalue weighted by atomic mass is 16.6. The molecule has 2 unspecified atom stereocenters. The number of carboxylic acids is 1. The van der Waals surface area contributed by atoms with Crippen LogP contribution in [0.3, 0.4) is 0 Å². The van der Waals surface area contributed by atoms with Gasteiger partial charge in [0.2, 0.25) is 0 Å². The quantitative estimate of drug-likeness (QED) is 0.0286. The van der Waals surface area contributed by atoms with Crippen molar-refractivity contribution in [1.29, 1.82) is 0 Å². The molecule has 0 aliphatic heterocycles. The zero-order chi connectivity index (χ0) is 42.1. The average Bonchev–Trinajstić information content (AvgIpc) is 3.17. The minimum Gasteiger partial charge on any atom is -0.477 e. The summed E-state index contributed by atoms with van der Waals surface area (Å²) < 4.78 is 17.2. The molecule has 2 atom stereocenters. The largest absolute Gasteiger partial charge is 0.477 e. The van der Waals surface area contributed by atoms with Gasteiger partial charge < -0.3 is 23.8 Å². The summed E-state index contributed by atoms with van der Waals surface area (Å²) in [5.74, 6) is -1.53.